The number of oxime groups is 1. The normalized spacial score (nSPS) is 11.3. The van der Waals surface area contributed by atoms with Gasteiger partial charge in [0.1, 0.15) is 0 Å². The first-order valence-electron chi connectivity index (χ1n) is 4.18. The highest BCUT2D eigenvalue weighted by Crippen LogP contribution is 2.03. The van der Waals surface area contributed by atoms with Crippen LogP contribution in [0.4, 0.5) is 0 Å². The summed E-state index contributed by atoms with van der Waals surface area (Å²) in [6.45, 7) is 0. The van der Waals surface area contributed by atoms with Crippen LogP contribution in [-0.4, -0.2) is 22.0 Å². The Kier molecular flexibility index (Phi) is 3.67. The van der Waals surface area contributed by atoms with E-state index < -0.39 is 5.97 Å². The van der Waals surface area contributed by atoms with E-state index in [0.29, 0.717) is 6.42 Å². The van der Waals surface area contributed by atoms with Crippen molar-refractivity contribution in [3.63, 3.8) is 0 Å². The van der Waals surface area contributed by atoms with E-state index in [4.69, 9.17) is 10.3 Å². The third-order valence-electron chi connectivity index (χ3n) is 1.75. The molecule has 0 amide bonds. The molecule has 2 N–H and O–H groups in total. The minimum Gasteiger partial charge on any atom is -0.481 e. The Bertz CT molecular complexity index is 332. The largest absolute Gasteiger partial charge is 0.481 e. The first-order valence-corrected chi connectivity index (χ1v) is 4.18. The van der Waals surface area contributed by atoms with Gasteiger partial charge in [-0.05, 0) is 5.56 Å². The van der Waals surface area contributed by atoms with Crippen molar-refractivity contribution in [1.82, 2.24) is 0 Å². The summed E-state index contributed by atoms with van der Waals surface area (Å²) in [4.78, 5) is 10.4. The van der Waals surface area contributed by atoms with Crippen LogP contribution < -0.4 is 0 Å². The van der Waals surface area contributed by atoms with Gasteiger partial charge in [-0.1, -0.05) is 35.5 Å². The maximum Gasteiger partial charge on any atom is 0.309 e. The fourth-order valence-electron chi connectivity index (χ4n) is 1.14. The van der Waals surface area contributed by atoms with Crippen molar-refractivity contribution in [2.45, 2.75) is 12.8 Å². The average Bonchev–Trinajstić information content (AvgIpc) is 2.17. The van der Waals surface area contributed by atoms with Gasteiger partial charge in [-0.15, -0.1) is 0 Å². The Balaban J connectivity index is 2.63. The maximum atomic E-state index is 10.4. The number of carboxylic acids is 1. The lowest BCUT2D eigenvalue weighted by Gasteiger charge is -2.01. The number of hydrogen-bond donors (Lipinski definition) is 2. The lowest BCUT2D eigenvalue weighted by molar-refractivity contribution is -0.135. The second-order valence-corrected chi connectivity index (χ2v) is 2.90. The molecular formula is C10H11NO3. The lowest BCUT2D eigenvalue weighted by atomic mass is 10.1. The van der Waals surface area contributed by atoms with Crippen molar-refractivity contribution in [2.75, 3.05) is 0 Å². The first kappa shape index (κ1) is 10.2. The number of rotatable bonds is 4. The first-order chi connectivity index (χ1) is 6.72. The van der Waals surface area contributed by atoms with Gasteiger partial charge in [0.25, 0.3) is 0 Å². The van der Waals surface area contributed by atoms with Gasteiger partial charge in [0.05, 0.1) is 12.1 Å². The molecule has 0 aliphatic heterocycles. The molecule has 0 saturated carbocycles. The van der Waals surface area contributed by atoms with Crippen molar-refractivity contribution in [1.29, 1.82) is 0 Å². The molecule has 4 heteroatoms. The SMILES string of the molecule is O=C(O)CC(Cc1ccccc1)=NO. The van der Waals surface area contributed by atoms with E-state index in [0.717, 1.165) is 5.56 Å². The predicted molar refractivity (Wildman–Crippen MR) is 51.6 cm³/mol. The van der Waals surface area contributed by atoms with Crippen molar-refractivity contribution >= 4 is 11.7 Å². The van der Waals surface area contributed by atoms with E-state index in [1.165, 1.54) is 0 Å². The quantitative estimate of drug-likeness (QED) is 0.433. The molecule has 4 nitrogen and oxygen atoms in total. The second kappa shape index (κ2) is 5.01. The molecule has 1 aromatic carbocycles. The molecule has 0 aliphatic carbocycles. The van der Waals surface area contributed by atoms with Crippen LogP contribution in [0.2, 0.25) is 0 Å². The highest BCUT2D eigenvalue weighted by Gasteiger charge is 2.06. The Morgan fingerprint density at radius 1 is 1.29 bits per heavy atom. The minimum absolute atomic E-state index is 0.231. The summed E-state index contributed by atoms with van der Waals surface area (Å²) in [7, 11) is 0. The number of carbonyl (C=O) groups is 1. The Morgan fingerprint density at radius 3 is 2.43 bits per heavy atom. The van der Waals surface area contributed by atoms with Crippen LogP contribution in [0.25, 0.3) is 0 Å². The van der Waals surface area contributed by atoms with Crippen molar-refractivity contribution in [3.05, 3.63) is 35.9 Å². The minimum atomic E-state index is -0.992. The van der Waals surface area contributed by atoms with E-state index in [-0.39, 0.29) is 12.1 Å². The van der Waals surface area contributed by atoms with E-state index >= 15 is 0 Å². The molecule has 1 aromatic rings. The van der Waals surface area contributed by atoms with Gasteiger partial charge >= 0.3 is 5.97 Å². The smallest absolute Gasteiger partial charge is 0.309 e. The van der Waals surface area contributed by atoms with E-state index in [1.54, 1.807) is 0 Å². The fourth-order valence-corrected chi connectivity index (χ4v) is 1.14. The number of aliphatic carboxylic acids is 1. The summed E-state index contributed by atoms with van der Waals surface area (Å²) in [6.07, 6.45) is 0.134. The summed E-state index contributed by atoms with van der Waals surface area (Å²) in [6, 6.07) is 9.28. The molecular weight excluding hydrogens is 182 g/mol. The third-order valence-corrected chi connectivity index (χ3v) is 1.75. The zero-order valence-electron chi connectivity index (χ0n) is 7.55. The zero-order chi connectivity index (χ0) is 10.4. The Labute approximate surface area is 81.5 Å². The number of nitrogens with zero attached hydrogens (tertiary/aromatic N) is 1. The van der Waals surface area contributed by atoms with Crippen LogP contribution in [0, 0.1) is 0 Å². The highest BCUT2D eigenvalue weighted by atomic mass is 16.4. The maximum absolute atomic E-state index is 10.4. The molecule has 0 unspecified atom stereocenters. The molecule has 1 rings (SSSR count). The molecule has 0 fully saturated rings. The summed E-state index contributed by atoms with van der Waals surface area (Å²) in [5, 5.41) is 20.0. The predicted octanol–water partition coefficient (Wildman–Crippen LogP) is 1.53. The van der Waals surface area contributed by atoms with Crippen LogP contribution in [0.3, 0.4) is 0 Å². The monoisotopic (exact) mass is 193 g/mol. The molecule has 0 aliphatic rings. The summed E-state index contributed by atoms with van der Waals surface area (Å²) >= 11 is 0. The molecule has 74 valence electrons. The van der Waals surface area contributed by atoms with Gasteiger partial charge in [-0.25, -0.2) is 0 Å². The van der Waals surface area contributed by atoms with Crippen molar-refractivity contribution < 1.29 is 15.1 Å². The van der Waals surface area contributed by atoms with Crippen LogP contribution in [0.15, 0.2) is 35.5 Å². The number of carboxylic acid groups (broad SMARTS) is 1. The average molecular weight is 193 g/mol. The van der Waals surface area contributed by atoms with Gasteiger partial charge in [-0.2, -0.15) is 0 Å². The van der Waals surface area contributed by atoms with Crippen molar-refractivity contribution in [3.8, 4) is 0 Å². The third kappa shape index (κ3) is 3.26. The van der Waals surface area contributed by atoms with Crippen molar-refractivity contribution in [2.24, 2.45) is 5.16 Å². The van der Waals surface area contributed by atoms with Crippen LogP contribution in [0.1, 0.15) is 12.0 Å². The molecule has 0 heterocycles. The van der Waals surface area contributed by atoms with Crippen LogP contribution in [0.5, 0.6) is 0 Å². The standard InChI is InChI=1S/C10H11NO3/c12-10(13)7-9(11-14)6-8-4-2-1-3-5-8/h1-5,14H,6-7H2,(H,12,13). The molecule has 0 atom stereocenters. The summed E-state index contributed by atoms with van der Waals surface area (Å²) < 4.78 is 0. The topological polar surface area (TPSA) is 69.9 Å². The highest BCUT2D eigenvalue weighted by molar-refractivity contribution is 5.99. The number of benzene rings is 1. The fraction of sp³-hybridized carbons (Fsp3) is 0.200. The van der Waals surface area contributed by atoms with Crippen LogP contribution >= 0.6 is 0 Å². The van der Waals surface area contributed by atoms with E-state index in [9.17, 15) is 4.79 Å². The van der Waals surface area contributed by atoms with Gasteiger partial charge in [0, 0.05) is 6.42 Å². The summed E-state index contributed by atoms with van der Waals surface area (Å²) in [5.41, 5.74) is 1.19. The van der Waals surface area contributed by atoms with Gasteiger partial charge < -0.3 is 10.3 Å². The Hall–Kier alpha value is -1.84. The molecule has 0 radical (unpaired) electrons. The van der Waals surface area contributed by atoms with Gasteiger partial charge in [0.2, 0.25) is 0 Å². The van der Waals surface area contributed by atoms with E-state index in [1.807, 2.05) is 30.3 Å². The van der Waals surface area contributed by atoms with Gasteiger partial charge in [-0.3, -0.25) is 4.79 Å². The van der Waals surface area contributed by atoms with Gasteiger partial charge in [0.15, 0.2) is 0 Å². The molecule has 0 aromatic heterocycles. The van der Waals surface area contributed by atoms with E-state index in [2.05, 4.69) is 5.16 Å². The summed E-state index contributed by atoms with van der Waals surface area (Å²) in [5.74, 6) is -0.992. The molecule has 0 saturated heterocycles. The molecule has 0 spiro atoms. The van der Waals surface area contributed by atoms with Crippen LogP contribution in [-0.2, 0) is 11.2 Å². The second-order valence-electron chi connectivity index (χ2n) is 2.90. The lowest BCUT2D eigenvalue weighted by Crippen LogP contribution is -2.09. The molecule has 0 bridgehead atoms. The Morgan fingerprint density at radius 2 is 1.93 bits per heavy atom. The zero-order valence-corrected chi connectivity index (χ0v) is 7.55. The number of hydrogen-bond acceptors (Lipinski definition) is 3. The molecule has 14 heavy (non-hydrogen) atoms.